The Bertz CT molecular complexity index is 3290. The van der Waals surface area contributed by atoms with Crippen LogP contribution in [0, 0.1) is 10.7 Å². The van der Waals surface area contributed by atoms with Gasteiger partial charge in [-0.25, -0.2) is 0 Å². The van der Waals surface area contributed by atoms with E-state index >= 15 is 0 Å². The molecule has 11 rings (SSSR count). The summed E-state index contributed by atoms with van der Waals surface area (Å²) in [6, 6.07) is 47.6. The van der Waals surface area contributed by atoms with Crippen molar-refractivity contribution >= 4 is 70.9 Å². The summed E-state index contributed by atoms with van der Waals surface area (Å²) in [7, 11) is 2.10. The van der Waals surface area contributed by atoms with E-state index in [1.54, 1.807) is 0 Å². The van der Waals surface area contributed by atoms with E-state index in [9.17, 15) is 0 Å². The monoisotopic (exact) mass is 838 g/mol. The number of nitrogens with zero attached hydrogens (tertiary/aromatic N) is 5. The van der Waals surface area contributed by atoms with E-state index in [4.69, 9.17) is 9.72 Å². The van der Waals surface area contributed by atoms with Gasteiger partial charge in [-0.15, -0.1) is 0 Å². The molecule has 0 unspecified atom stereocenters. The van der Waals surface area contributed by atoms with Crippen molar-refractivity contribution < 1.29 is 24.1 Å². The molecule has 0 bridgehead atoms. The van der Waals surface area contributed by atoms with Gasteiger partial charge in [0.05, 0.1) is 16.6 Å². The number of fused-ring (bicyclic) bond motifs is 10. The molecule has 0 saturated carbocycles. The van der Waals surface area contributed by atoms with Crippen LogP contribution in [0.2, 0.25) is 0 Å². The number of hydrogen-bond donors (Lipinski definition) is 0. The normalized spacial score (nSPS) is 12.2. The molecule has 0 radical (unpaired) electrons. The molecule has 0 saturated heterocycles. The third-order valence-electron chi connectivity index (χ3n) is 10.4. The summed E-state index contributed by atoms with van der Waals surface area (Å²) in [6.45, 7) is 2.12. The second-order valence-corrected chi connectivity index (χ2v) is 14.4. The Kier molecular flexibility index (Phi) is 5.95. The van der Waals surface area contributed by atoms with Crippen LogP contribution in [0.3, 0.4) is 0 Å². The number of para-hydroxylation sites is 4. The smallest absolute Gasteiger partial charge is 0.0620 e. The number of hydrogen-bond acceptors (Lipinski definition) is 2. The van der Waals surface area contributed by atoms with Crippen molar-refractivity contribution in [3.8, 4) is 23.0 Å². The zero-order valence-corrected chi connectivity index (χ0v) is 30.0. The van der Waals surface area contributed by atoms with Crippen LogP contribution in [-0.2, 0) is 26.4 Å². The van der Waals surface area contributed by atoms with Crippen LogP contribution >= 0.6 is 0 Å². The van der Waals surface area contributed by atoms with E-state index in [0.717, 1.165) is 54.3 Å². The molecule has 0 aliphatic carbocycles. The SMILES string of the molecule is Cc1ccnc(-n2c3cc(Oc4cccc(-n5[c](=[Pt])n(C)c6ccccc65)c4)ccc3c3cc4c5cccc6c7ccccc7n(c4cc32)c65)c1. The van der Waals surface area contributed by atoms with Gasteiger partial charge >= 0.3 is 194 Å². The first-order valence-corrected chi connectivity index (χ1v) is 18.2. The number of aryl methyl sites for hydroxylation is 2. The van der Waals surface area contributed by atoms with Crippen molar-refractivity contribution in [3.63, 3.8) is 0 Å². The van der Waals surface area contributed by atoms with E-state index in [1.165, 1.54) is 49.0 Å². The Morgan fingerprint density at radius 2 is 1.22 bits per heavy atom. The van der Waals surface area contributed by atoms with Crippen molar-refractivity contribution in [1.29, 1.82) is 0 Å². The molecule has 0 fully saturated rings. The maximum atomic E-state index is 6.66. The second-order valence-electron chi connectivity index (χ2n) is 13.4. The molecule has 0 N–H and O–H groups in total. The van der Waals surface area contributed by atoms with Crippen molar-refractivity contribution in [3.05, 3.63) is 149 Å². The molecule has 51 heavy (non-hydrogen) atoms. The Labute approximate surface area is 302 Å². The molecule has 6 nitrogen and oxygen atoms in total. The second kappa shape index (κ2) is 10.5. The van der Waals surface area contributed by atoms with Gasteiger partial charge in [-0.1, -0.05) is 36.4 Å². The molecule has 0 aliphatic rings. The van der Waals surface area contributed by atoms with Gasteiger partial charge in [-0.05, 0) is 24.6 Å². The fourth-order valence-corrected chi connectivity index (χ4v) is 9.04. The third kappa shape index (κ3) is 4.02. The van der Waals surface area contributed by atoms with Crippen molar-refractivity contribution in [2.24, 2.45) is 7.05 Å². The standard InChI is InChI=1S/C44H29N5O.Pt/c1-27-19-20-45-43(21-27)48-40-23-30(50-29-10-7-9-28(22-29)47-26-46(2)38-15-5-6-16-39(38)47)17-18-32(40)35-24-36-34-13-8-12-33-31-11-3-4-14-37(31)49(44(33)34)42(36)25-41(35)48;/h3-25H,1-2H3;. The first-order chi connectivity index (χ1) is 25.0. The molecular formula is C44H29N5OPt. The quantitative estimate of drug-likeness (QED) is 0.177. The van der Waals surface area contributed by atoms with Crippen LogP contribution in [-0.4, -0.2) is 23.1 Å². The Balaban J connectivity index is 1.13. The van der Waals surface area contributed by atoms with E-state index in [-0.39, 0.29) is 0 Å². The molecule has 11 aromatic rings. The minimum Gasteiger partial charge on any atom is 0.0620 e. The third-order valence-corrected chi connectivity index (χ3v) is 11.7. The zero-order valence-electron chi connectivity index (χ0n) is 27.7. The van der Waals surface area contributed by atoms with Crippen molar-refractivity contribution in [2.75, 3.05) is 0 Å². The van der Waals surface area contributed by atoms with Crippen molar-refractivity contribution in [2.45, 2.75) is 6.92 Å². The Hall–Kier alpha value is -5.97. The van der Waals surface area contributed by atoms with Gasteiger partial charge < -0.3 is 4.40 Å². The van der Waals surface area contributed by atoms with E-state index in [0.29, 0.717) is 0 Å². The maximum absolute atomic E-state index is 6.66. The van der Waals surface area contributed by atoms with Gasteiger partial charge in [-0.2, -0.15) is 0 Å². The molecule has 5 aromatic heterocycles. The number of rotatable bonds is 4. The predicted molar refractivity (Wildman–Crippen MR) is 204 cm³/mol. The number of benzene rings is 6. The van der Waals surface area contributed by atoms with Crippen LogP contribution in [0.25, 0.3) is 82.4 Å². The van der Waals surface area contributed by atoms with Gasteiger partial charge in [0.15, 0.2) is 0 Å². The molecule has 5 heterocycles. The molecule has 0 spiro atoms. The topological polar surface area (TPSA) is 41.3 Å². The van der Waals surface area contributed by atoms with Crippen molar-refractivity contribution in [1.82, 2.24) is 23.1 Å². The first-order valence-electron chi connectivity index (χ1n) is 17.0. The van der Waals surface area contributed by atoms with Gasteiger partial charge in [0.25, 0.3) is 0 Å². The summed E-state index contributed by atoms with van der Waals surface area (Å²) in [6.07, 6.45) is 1.90. The molecule has 0 atom stereocenters. The molecule has 7 heteroatoms. The minimum atomic E-state index is 0.769. The predicted octanol–water partition coefficient (Wildman–Crippen LogP) is 10.8. The summed E-state index contributed by atoms with van der Waals surface area (Å²) >= 11 is 2.40. The van der Waals surface area contributed by atoms with E-state index < -0.39 is 0 Å². The number of ether oxygens (including phenoxy) is 1. The fraction of sp³-hybridized carbons (Fsp3) is 0.0455. The van der Waals surface area contributed by atoms with E-state index in [1.807, 2.05) is 18.3 Å². The minimum absolute atomic E-state index is 0.769. The van der Waals surface area contributed by atoms with Crippen LogP contribution in [0.1, 0.15) is 5.56 Å². The average Bonchev–Trinajstić information content (AvgIpc) is 3.85. The summed E-state index contributed by atoms with van der Waals surface area (Å²) < 4.78 is 17.0. The van der Waals surface area contributed by atoms with Crippen LogP contribution in [0.4, 0.5) is 0 Å². The Morgan fingerprint density at radius 1 is 0.529 bits per heavy atom. The molecule has 6 aromatic carbocycles. The van der Waals surface area contributed by atoms with E-state index in [2.05, 4.69) is 173 Å². The van der Waals surface area contributed by atoms with Gasteiger partial charge in [0.2, 0.25) is 0 Å². The average molecular weight is 839 g/mol. The van der Waals surface area contributed by atoms with Gasteiger partial charge in [0.1, 0.15) is 0 Å². The van der Waals surface area contributed by atoms with Crippen LogP contribution < -0.4 is 4.74 Å². The first kappa shape index (κ1) is 28.8. The molecule has 0 amide bonds. The fourth-order valence-electron chi connectivity index (χ4n) is 8.20. The zero-order chi connectivity index (χ0) is 34.0. The van der Waals surface area contributed by atoms with Crippen LogP contribution in [0.15, 0.2) is 140 Å². The molecule has 0 aliphatic heterocycles. The summed E-state index contributed by atoms with van der Waals surface area (Å²) in [4.78, 5) is 4.90. The summed E-state index contributed by atoms with van der Waals surface area (Å²) in [5.41, 5.74) is 10.4. The van der Waals surface area contributed by atoms with Gasteiger partial charge in [0, 0.05) is 27.7 Å². The summed E-state index contributed by atoms with van der Waals surface area (Å²) in [5, 5.41) is 7.44. The summed E-state index contributed by atoms with van der Waals surface area (Å²) in [5.74, 6) is 2.43. The molecular weight excluding hydrogens is 810 g/mol. The number of imidazole rings is 1. The number of aromatic nitrogens is 5. The number of pyridine rings is 1. The van der Waals surface area contributed by atoms with Gasteiger partial charge in [-0.3, -0.25) is 0 Å². The molecule has 246 valence electrons. The van der Waals surface area contributed by atoms with Crippen LogP contribution in [0.5, 0.6) is 11.5 Å². The Morgan fingerprint density at radius 3 is 2.08 bits per heavy atom.